The van der Waals surface area contributed by atoms with E-state index in [4.69, 9.17) is 15.3 Å². The van der Waals surface area contributed by atoms with Gasteiger partial charge in [-0.25, -0.2) is 0 Å². The first-order chi connectivity index (χ1) is 9.69. The number of carbonyl (C=O) groups is 1. The van der Waals surface area contributed by atoms with Gasteiger partial charge < -0.3 is 9.84 Å². The van der Waals surface area contributed by atoms with E-state index in [0.717, 1.165) is 0 Å². The Bertz CT molecular complexity index is 737. The summed E-state index contributed by atoms with van der Waals surface area (Å²) in [6.45, 7) is 0. The summed E-state index contributed by atoms with van der Waals surface area (Å²) < 4.78 is 5.50. The predicted molar refractivity (Wildman–Crippen MR) is 69.4 cm³/mol. The van der Waals surface area contributed by atoms with Crippen molar-refractivity contribution in [2.75, 3.05) is 0 Å². The summed E-state index contributed by atoms with van der Waals surface area (Å²) in [6, 6.07) is 12.6. The third-order valence-corrected chi connectivity index (χ3v) is 2.61. The number of phenols is 1. The Balaban J connectivity index is 2.41. The van der Waals surface area contributed by atoms with Gasteiger partial charge in [-0.3, -0.25) is 4.79 Å². The highest BCUT2D eigenvalue weighted by molar-refractivity contribution is 5.74. The average molecular weight is 264 g/mol. The zero-order valence-corrected chi connectivity index (χ0v) is 10.2. The van der Waals surface area contributed by atoms with Crippen LogP contribution in [0, 0.1) is 22.7 Å². The fourth-order valence-electron chi connectivity index (χ4n) is 1.62. The summed E-state index contributed by atoms with van der Waals surface area (Å²) in [6.07, 6.45) is 0.707. The molecule has 0 aromatic heterocycles. The van der Waals surface area contributed by atoms with Gasteiger partial charge in [-0.15, -0.1) is 0 Å². The van der Waals surface area contributed by atoms with E-state index in [1.165, 1.54) is 12.1 Å². The van der Waals surface area contributed by atoms with Gasteiger partial charge in [0.2, 0.25) is 0 Å². The SMILES string of the molecule is N#Cc1c(O)ccc(Oc2ccc(C=O)cc2)c1C#N. The van der Waals surface area contributed by atoms with Gasteiger partial charge in [0.1, 0.15) is 46.8 Å². The van der Waals surface area contributed by atoms with Gasteiger partial charge in [-0.2, -0.15) is 10.5 Å². The quantitative estimate of drug-likeness (QED) is 0.860. The van der Waals surface area contributed by atoms with Crippen LogP contribution < -0.4 is 4.74 Å². The molecule has 0 unspecified atom stereocenters. The van der Waals surface area contributed by atoms with Crippen LogP contribution in [0.15, 0.2) is 36.4 Å². The van der Waals surface area contributed by atoms with Gasteiger partial charge in [0, 0.05) is 5.56 Å². The van der Waals surface area contributed by atoms with Crippen molar-refractivity contribution in [1.29, 1.82) is 10.5 Å². The molecule has 0 fully saturated rings. The van der Waals surface area contributed by atoms with Gasteiger partial charge in [0.15, 0.2) is 0 Å². The maximum atomic E-state index is 10.5. The van der Waals surface area contributed by atoms with Crippen LogP contribution >= 0.6 is 0 Å². The van der Waals surface area contributed by atoms with E-state index in [-0.39, 0.29) is 22.6 Å². The molecule has 0 saturated heterocycles. The van der Waals surface area contributed by atoms with E-state index >= 15 is 0 Å². The molecule has 0 aliphatic rings. The lowest BCUT2D eigenvalue weighted by Crippen LogP contribution is -1.92. The number of rotatable bonds is 3. The summed E-state index contributed by atoms with van der Waals surface area (Å²) in [7, 11) is 0. The molecule has 0 amide bonds. The Hall–Kier alpha value is -3.31. The van der Waals surface area contributed by atoms with E-state index in [1.54, 1.807) is 30.3 Å². The monoisotopic (exact) mass is 264 g/mol. The van der Waals surface area contributed by atoms with E-state index in [9.17, 15) is 9.90 Å². The van der Waals surface area contributed by atoms with Crippen LogP contribution in [0.1, 0.15) is 21.5 Å². The van der Waals surface area contributed by atoms with Crippen molar-refractivity contribution < 1.29 is 14.6 Å². The van der Waals surface area contributed by atoms with Crippen molar-refractivity contribution in [3.63, 3.8) is 0 Å². The van der Waals surface area contributed by atoms with E-state index in [2.05, 4.69) is 0 Å². The second-order valence-electron chi connectivity index (χ2n) is 3.85. The minimum atomic E-state index is -0.271. The largest absolute Gasteiger partial charge is 0.507 e. The number of nitriles is 2. The Morgan fingerprint density at radius 1 is 1.00 bits per heavy atom. The molecule has 20 heavy (non-hydrogen) atoms. The molecule has 0 spiro atoms. The standard InChI is InChI=1S/C15H8N2O3/c16-7-12-13(8-17)15(6-5-14(12)19)20-11-3-1-10(9-18)2-4-11/h1-6,9,19H. The molecule has 0 saturated carbocycles. The molecule has 1 N–H and O–H groups in total. The number of aldehydes is 1. The van der Waals surface area contributed by atoms with E-state index in [1.807, 2.05) is 6.07 Å². The number of aromatic hydroxyl groups is 1. The van der Waals surface area contributed by atoms with Crippen molar-refractivity contribution >= 4 is 6.29 Å². The highest BCUT2D eigenvalue weighted by Gasteiger charge is 2.14. The summed E-state index contributed by atoms with van der Waals surface area (Å²) in [5.41, 5.74) is 0.336. The third kappa shape index (κ3) is 2.43. The van der Waals surface area contributed by atoms with Gasteiger partial charge in [0.05, 0.1) is 0 Å². The van der Waals surface area contributed by atoms with Crippen LogP contribution in [0.2, 0.25) is 0 Å². The fraction of sp³-hybridized carbons (Fsp3) is 0. The first-order valence-corrected chi connectivity index (χ1v) is 5.59. The van der Waals surface area contributed by atoms with Crippen molar-refractivity contribution in [2.24, 2.45) is 0 Å². The van der Waals surface area contributed by atoms with Crippen LogP contribution in [0.4, 0.5) is 0 Å². The molecule has 0 atom stereocenters. The molecule has 2 aromatic rings. The second kappa shape index (κ2) is 5.55. The predicted octanol–water partition coefficient (Wildman–Crippen LogP) is 2.74. The number of phenolic OH excluding ortho intramolecular Hbond substituents is 1. The van der Waals surface area contributed by atoms with Gasteiger partial charge in [-0.05, 0) is 36.4 Å². The minimum absolute atomic E-state index is 0.0352. The van der Waals surface area contributed by atoms with Crippen molar-refractivity contribution in [2.45, 2.75) is 0 Å². The number of ether oxygens (including phenoxy) is 1. The zero-order chi connectivity index (χ0) is 14.5. The van der Waals surface area contributed by atoms with Crippen LogP contribution in [0.3, 0.4) is 0 Å². The molecule has 0 aliphatic carbocycles. The van der Waals surface area contributed by atoms with Crippen LogP contribution in [0.5, 0.6) is 17.2 Å². The normalized spacial score (nSPS) is 9.30. The van der Waals surface area contributed by atoms with Gasteiger partial charge in [0.25, 0.3) is 0 Å². The highest BCUT2D eigenvalue weighted by Crippen LogP contribution is 2.31. The van der Waals surface area contributed by atoms with Crippen molar-refractivity contribution in [3.05, 3.63) is 53.1 Å². The molecule has 0 bridgehead atoms. The number of nitrogens with zero attached hydrogens (tertiary/aromatic N) is 2. The maximum Gasteiger partial charge on any atom is 0.150 e. The number of hydrogen-bond donors (Lipinski definition) is 1. The van der Waals surface area contributed by atoms with Crippen LogP contribution in [-0.2, 0) is 0 Å². The molecule has 0 heterocycles. The van der Waals surface area contributed by atoms with Gasteiger partial charge in [-0.1, -0.05) is 0 Å². The Labute approximate surface area is 114 Å². The molecular weight excluding hydrogens is 256 g/mol. The molecule has 5 nitrogen and oxygen atoms in total. The molecule has 5 heteroatoms. The summed E-state index contributed by atoms with van der Waals surface area (Å²) in [5, 5.41) is 27.5. The highest BCUT2D eigenvalue weighted by atomic mass is 16.5. The first-order valence-electron chi connectivity index (χ1n) is 5.59. The van der Waals surface area contributed by atoms with Crippen molar-refractivity contribution in [1.82, 2.24) is 0 Å². The maximum absolute atomic E-state index is 10.5. The van der Waals surface area contributed by atoms with E-state index < -0.39 is 0 Å². The lowest BCUT2D eigenvalue weighted by molar-refractivity contribution is 0.112. The molecule has 96 valence electrons. The second-order valence-corrected chi connectivity index (χ2v) is 3.85. The molecule has 2 aromatic carbocycles. The minimum Gasteiger partial charge on any atom is -0.507 e. The van der Waals surface area contributed by atoms with E-state index in [0.29, 0.717) is 17.6 Å². The first kappa shape index (κ1) is 13.1. The summed E-state index contributed by atoms with van der Waals surface area (Å²) >= 11 is 0. The summed E-state index contributed by atoms with van der Waals surface area (Å²) in [5.74, 6) is 0.315. The lowest BCUT2D eigenvalue weighted by Gasteiger charge is -2.09. The Morgan fingerprint density at radius 3 is 2.20 bits per heavy atom. The Morgan fingerprint density at radius 2 is 1.65 bits per heavy atom. The zero-order valence-electron chi connectivity index (χ0n) is 10.2. The van der Waals surface area contributed by atoms with Crippen LogP contribution in [-0.4, -0.2) is 11.4 Å². The van der Waals surface area contributed by atoms with Crippen molar-refractivity contribution in [3.8, 4) is 29.4 Å². The fourth-order valence-corrected chi connectivity index (χ4v) is 1.62. The molecule has 0 radical (unpaired) electrons. The molecule has 2 rings (SSSR count). The summed E-state index contributed by atoms with van der Waals surface area (Å²) in [4.78, 5) is 10.5. The lowest BCUT2D eigenvalue weighted by atomic mass is 10.1. The number of benzene rings is 2. The molecular formula is C15H8N2O3. The topological polar surface area (TPSA) is 94.1 Å². The third-order valence-electron chi connectivity index (χ3n) is 2.61. The average Bonchev–Trinajstić information content (AvgIpc) is 2.49. The number of carbonyl (C=O) groups excluding carboxylic acids is 1. The smallest absolute Gasteiger partial charge is 0.150 e. The van der Waals surface area contributed by atoms with Gasteiger partial charge >= 0.3 is 0 Å². The number of hydrogen-bond acceptors (Lipinski definition) is 5. The Kier molecular flexibility index (Phi) is 3.65. The molecule has 0 aliphatic heterocycles. The van der Waals surface area contributed by atoms with Crippen LogP contribution in [0.25, 0.3) is 0 Å².